The number of carbonyl (C=O) groups excluding carboxylic acids is 1. The van der Waals surface area contributed by atoms with Crippen molar-refractivity contribution in [1.29, 1.82) is 0 Å². The van der Waals surface area contributed by atoms with Crippen molar-refractivity contribution in [3.63, 3.8) is 0 Å². The molecular weight excluding hydrogens is 514 g/mol. The number of fused-ring (bicyclic) bond motifs is 1. The molecule has 2 N–H and O–H groups in total. The largest absolute Gasteiger partial charge is 0.445 e. The number of imidazole rings is 1. The number of aromatic nitrogens is 4. The van der Waals surface area contributed by atoms with Gasteiger partial charge in [0.15, 0.2) is 0 Å². The summed E-state index contributed by atoms with van der Waals surface area (Å²) in [6, 6.07) is 28.1. The Hall–Kier alpha value is -4.92. The normalized spacial score (nSPS) is 15.5. The molecule has 1 aliphatic heterocycles. The van der Waals surface area contributed by atoms with Gasteiger partial charge in [-0.2, -0.15) is 4.98 Å². The van der Waals surface area contributed by atoms with Crippen LogP contribution in [0.15, 0.2) is 97.5 Å². The topological polar surface area (TPSA) is 97.2 Å². The number of ether oxygens (including phenoxy) is 1. The van der Waals surface area contributed by atoms with Gasteiger partial charge in [-0.25, -0.2) is 14.8 Å². The van der Waals surface area contributed by atoms with E-state index in [9.17, 15) is 4.79 Å². The number of anilines is 2. The molecule has 1 unspecified atom stereocenters. The second-order valence-corrected chi connectivity index (χ2v) is 10.2. The van der Waals surface area contributed by atoms with Crippen molar-refractivity contribution in [2.75, 3.05) is 23.7 Å². The van der Waals surface area contributed by atoms with Gasteiger partial charge in [0.2, 0.25) is 5.95 Å². The van der Waals surface area contributed by atoms with Gasteiger partial charge >= 0.3 is 6.09 Å². The summed E-state index contributed by atoms with van der Waals surface area (Å²) in [4.78, 5) is 28.4. The van der Waals surface area contributed by atoms with Crippen LogP contribution >= 0.6 is 0 Å². The van der Waals surface area contributed by atoms with E-state index in [1.807, 2.05) is 76.2 Å². The van der Waals surface area contributed by atoms with Crippen molar-refractivity contribution < 1.29 is 9.53 Å². The lowest BCUT2D eigenvalue weighted by Gasteiger charge is -2.24. The highest BCUT2D eigenvalue weighted by Gasteiger charge is 2.29. The Bertz CT molecular complexity index is 1610. The fraction of sp³-hybridized carbons (Fsp3) is 0.250. The van der Waals surface area contributed by atoms with E-state index in [4.69, 9.17) is 9.72 Å². The van der Waals surface area contributed by atoms with Crippen molar-refractivity contribution in [2.24, 2.45) is 0 Å². The molecule has 6 rings (SSSR count). The summed E-state index contributed by atoms with van der Waals surface area (Å²) in [5.41, 5.74) is 4.90. The molecule has 1 saturated heterocycles. The van der Waals surface area contributed by atoms with E-state index in [1.165, 1.54) is 0 Å². The Morgan fingerprint density at radius 1 is 1.02 bits per heavy atom. The number of amides is 1. The monoisotopic (exact) mass is 547 g/mol. The first-order valence-corrected chi connectivity index (χ1v) is 14.0. The van der Waals surface area contributed by atoms with Crippen LogP contribution in [0, 0.1) is 0 Å². The molecule has 41 heavy (non-hydrogen) atoms. The molecule has 3 heterocycles. The maximum Gasteiger partial charge on any atom is 0.410 e. The van der Waals surface area contributed by atoms with Crippen LogP contribution < -0.4 is 10.6 Å². The molecule has 0 spiro atoms. The van der Waals surface area contributed by atoms with E-state index in [-0.39, 0.29) is 24.8 Å². The van der Waals surface area contributed by atoms with Gasteiger partial charge in [0.25, 0.3) is 0 Å². The van der Waals surface area contributed by atoms with Crippen molar-refractivity contribution in [3.05, 3.63) is 109 Å². The first kappa shape index (κ1) is 26.3. The molecule has 2 aromatic heterocycles. The SMILES string of the molecule is C[C@H](Nc1nccc(-n2cnc3ccc(NCC4CCCN4C(=O)OCc4ccccc4)cc32)n1)c1ccccc1. The van der Waals surface area contributed by atoms with Crippen molar-refractivity contribution in [3.8, 4) is 5.82 Å². The van der Waals surface area contributed by atoms with Crippen molar-refractivity contribution >= 4 is 28.8 Å². The van der Waals surface area contributed by atoms with Gasteiger partial charge in [0.05, 0.1) is 23.1 Å². The highest BCUT2D eigenvalue weighted by molar-refractivity contribution is 5.81. The van der Waals surface area contributed by atoms with E-state index in [2.05, 4.69) is 45.7 Å². The van der Waals surface area contributed by atoms with Crippen LogP contribution in [0.2, 0.25) is 0 Å². The molecular formula is C32H33N7O2. The van der Waals surface area contributed by atoms with Crippen LogP contribution in [-0.4, -0.2) is 49.6 Å². The fourth-order valence-corrected chi connectivity index (χ4v) is 5.20. The second-order valence-electron chi connectivity index (χ2n) is 10.2. The Kier molecular flexibility index (Phi) is 7.75. The van der Waals surface area contributed by atoms with Crippen LogP contribution in [-0.2, 0) is 11.3 Å². The van der Waals surface area contributed by atoms with E-state index in [1.54, 1.807) is 12.5 Å². The van der Waals surface area contributed by atoms with Crippen LogP contribution in [0.25, 0.3) is 16.9 Å². The maximum atomic E-state index is 12.8. The lowest BCUT2D eigenvalue weighted by Crippen LogP contribution is -2.39. The minimum atomic E-state index is -0.263. The summed E-state index contributed by atoms with van der Waals surface area (Å²) in [5, 5.41) is 6.92. The van der Waals surface area contributed by atoms with E-state index >= 15 is 0 Å². The second kappa shape index (κ2) is 12.1. The van der Waals surface area contributed by atoms with Crippen molar-refractivity contribution in [1.82, 2.24) is 24.4 Å². The number of nitrogens with one attached hydrogen (secondary N) is 2. The maximum absolute atomic E-state index is 12.8. The third kappa shape index (κ3) is 6.14. The summed E-state index contributed by atoms with van der Waals surface area (Å²) in [6.07, 6.45) is 5.17. The highest BCUT2D eigenvalue weighted by atomic mass is 16.6. The molecule has 2 atom stereocenters. The number of likely N-dealkylation sites (tertiary alicyclic amines) is 1. The molecule has 0 saturated carbocycles. The summed E-state index contributed by atoms with van der Waals surface area (Å²) in [5.74, 6) is 1.28. The first-order valence-electron chi connectivity index (χ1n) is 14.0. The number of benzene rings is 3. The summed E-state index contributed by atoms with van der Waals surface area (Å²) in [6.45, 7) is 3.71. The minimum absolute atomic E-state index is 0.0626. The molecule has 1 amide bonds. The van der Waals surface area contributed by atoms with Gasteiger partial charge in [-0.15, -0.1) is 0 Å². The number of carbonyl (C=O) groups is 1. The lowest BCUT2D eigenvalue weighted by atomic mass is 10.1. The van der Waals surface area contributed by atoms with Crippen LogP contribution in [0.1, 0.15) is 36.9 Å². The third-order valence-corrected chi connectivity index (χ3v) is 7.44. The van der Waals surface area contributed by atoms with Gasteiger partial charge < -0.3 is 20.3 Å². The molecule has 5 aromatic rings. The highest BCUT2D eigenvalue weighted by Crippen LogP contribution is 2.24. The average molecular weight is 548 g/mol. The molecule has 1 aliphatic rings. The Morgan fingerprint density at radius 3 is 2.66 bits per heavy atom. The molecule has 0 aliphatic carbocycles. The zero-order valence-electron chi connectivity index (χ0n) is 23.0. The quantitative estimate of drug-likeness (QED) is 0.227. The zero-order chi connectivity index (χ0) is 28.0. The molecule has 9 nitrogen and oxygen atoms in total. The zero-order valence-corrected chi connectivity index (χ0v) is 23.0. The molecule has 0 radical (unpaired) electrons. The van der Waals surface area contributed by atoms with Gasteiger partial charge in [0, 0.05) is 25.0 Å². The van der Waals surface area contributed by atoms with Gasteiger partial charge in [0.1, 0.15) is 18.8 Å². The smallest absolute Gasteiger partial charge is 0.410 e. The minimum Gasteiger partial charge on any atom is -0.445 e. The van der Waals surface area contributed by atoms with E-state index in [0.717, 1.165) is 46.5 Å². The van der Waals surface area contributed by atoms with Gasteiger partial charge in [-0.1, -0.05) is 60.7 Å². The average Bonchev–Trinajstić information content (AvgIpc) is 3.67. The molecule has 1 fully saturated rings. The van der Waals surface area contributed by atoms with Crippen LogP contribution in [0.4, 0.5) is 16.4 Å². The number of hydrogen-bond acceptors (Lipinski definition) is 7. The standard InChI is InChI=1S/C32H33N7O2/c1-23(25-11-6-3-7-12-25)36-31-33-17-16-30(37-31)39-22-35-28-15-14-26(19-29(28)39)34-20-27-13-8-18-38(27)32(40)41-21-24-9-4-2-5-10-24/h2-7,9-12,14-17,19,22-23,27,34H,8,13,18,20-21H2,1H3,(H,33,36,37)/t23-,27?/m0/s1. The van der Waals surface area contributed by atoms with Crippen molar-refractivity contribution in [2.45, 2.75) is 38.5 Å². The first-order chi connectivity index (χ1) is 20.1. The predicted octanol–water partition coefficient (Wildman–Crippen LogP) is 6.20. The van der Waals surface area contributed by atoms with Gasteiger partial charge in [-0.05, 0) is 55.2 Å². The van der Waals surface area contributed by atoms with E-state index in [0.29, 0.717) is 19.0 Å². The summed E-state index contributed by atoms with van der Waals surface area (Å²) >= 11 is 0. The lowest BCUT2D eigenvalue weighted by molar-refractivity contribution is 0.0937. The molecule has 3 aromatic carbocycles. The molecule has 9 heteroatoms. The number of hydrogen-bond donors (Lipinski definition) is 2. The fourth-order valence-electron chi connectivity index (χ4n) is 5.20. The van der Waals surface area contributed by atoms with Gasteiger partial charge in [-0.3, -0.25) is 4.57 Å². The Labute approximate surface area is 239 Å². The van der Waals surface area contributed by atoms with Crippen LogP contribution in [0.3, 0.4) is 0 Å². The summed E-state index contributed by atoms with van der Waals surface area (Å²) in [7, 11) is 0. The van der Waals surface area contributed by atoms with E-state index < -0.39 is 0 Å². The Morgan fingerprint density at radius 2 is 1.83 bits per heavy atom. The number of nitrogens with zero attached hydrogens (tertiary/aromatic N) is 5. The molecule has 208 valence electrons. The molecule has 0 bridgehead atoms. The predicted molar refractivity (Wildman–Crippen MR) is 160 cm³/mol. The number of rotatable bonds is 9. The third-order valence-electron chi connectivity index (χ3n) is 7.44. The van der Waals surface area contributed by atoms with Crippen LogP contribution in [0.5, 0.6) is 0 Å². The summed E-state index contributed by atoms with van der Waals surface area (Å²) < 4.78 is 7.56. The Balaban J connectivity index is 1.12.